The van der Waals surface area contributed by atoms with E-state index in [0.717, 1.165) is 22.2 Å². The van der Waals surface area contributed by atoms with Crippen LogP contribution in [-0.4, -0.2) is 23.2 Å². The molecule has 0 saturated heterocycles. The Balaban J connectivity index is 2.05. The van der Waals surface area contributed by atoms with Crippen LogP contribution < -0.4 is 10.1 Å². The van der Waals surface area contributed by atoms with E-state index in [-0.39, 0.29) is 5.56 Å². The third-order valence-corrected chi connectivity index (χ3v) is 3.35. The number of carbonyl (C=O) groups is 1. The average Bonchev–Trinajstić information content (AvgIpc) is 2.55. The topological polar surface area (TPSA) is 71.5 Å². The lowest BCUT2D eigenvalue weighted by molar-refractivity contribution is 0.0697. The van der Waals surface area contributed by atoms with Gasteiger partial charge < -0.3 is 15.2 Å². The minimum atomic E-state index is -0.960. The standard InChI is InChI=1S/C17H14N2O3/c1-22-14-4-2-3-13(10-14)19-16-15-9-12(17(20)21)6-5-11(15)7-8-18-16/h2-10H,1H3,(H,18,19)(H,20,21). The number of hydrogen-bond donors (Lipinski definition) is 2. The second-order valence-electron chi connectivity index (χ2n) is 4.76. The molecule has 0 atom stereocenters. The van der Waals surface area contributed by atoms with Crippen LogP contribution in [-0.2, 0) is 0 Å². The van der Waals surface area contributed by atoms with Crippen molar-refractivity contribution in [2.75, 3.05) is 12.4 Å². The molecule has 0 saturated carbocycles. The monoisotopic (exact) mass is 294 g/mol. The number of aromatic nitrogens is 1. The highest BCUT2D eigenvalue weighted by Gasteiger charge is 2.08. The first-order valence-electron chi connectivity index (χ1n) is 6.70. The summed E-state index contributed by atoms with van der Waals surface area (Å²) < 4.78 is 5.19. The zero-order valence-electron chi connectivity index (χ0n) is 11.9. The number of nitrogens with zero attached hydrogens (tertiary/aromatic N) is 1. The number of hydrogen-bond acceptors (Lipinski definition) is 4. The number of carboxylic acid groups (broad SMARTS) is 1. The van der Waals surface area contributed by atoms with Crippen LogP contribution in [0, 0.1) is 0 Å². The quantitative estimate of drug-likeness (QED) is 0.768. The van der Waals surface area contributed by atoms with Gasteiger partial charge in [-0.2, -0.15) is 0 Å². The number of ether oxygens (including phenoxy) is 1. The summed E-state index contributed by atoms with van der Waals surface area (Å²) in [4.78, 5) is 15.5. The van der Waals surface area contributed by atoms with Crippen LogP contribution in [0.3, 0.4) is 0 Å². The Morgan fingerprint density at radius 1 is 1.18 bits per heavy atom. The van der Waals surface area contributed by atoms with Gasteiger partial charge in [0, 0.05) is 23.3 Å². The van der Waals surface area contributed by atoms with Crippen molar-refractivity contribution >= 4 is 28.2 Å². The molecule has 0 fully saturated rings. The van der Waals surface area contributed by atoms with Crippen molar-refractivity contribution in [2.45, 2.75) is 0 Å². The molecule has 3 rings (SSSR count). The first kappa shape index (κ1) is 13.9. The van der Waals surface area contributed by atoms with Crippen LogP contribution in [0.4, 0.5) is 11.5 Å². The Morgan fingerprint density at radius 3 is 2.82 bits per heavy atom. The van der Waals surface area contributed by atoms with Crippen molar-refractivity contribution in [1.82, 2.24) is 4.98 Å². The average molecular weight is 294 g/mol. The van der Waals surface area contributed by atoms with Gasteiger partial charge in [0.15, 0.2) is 0 Å². The molecule has 0 aliphatic rings. The Labute approximate surface area is 127 Å². The number of benzene rings is 2. The molecule has 0 radical (unpaired) electrons. The van der Waals surface area contributed by atoms with Gasteiger partial charge in [-0.05, 0) is 35.7 Å². The van der Waals surface area contributed by atoms with Gasteiger partial charge in [-0.1, -0.05) is 12.1 Å². The van der Waals surface area contributed by atoms with Crippen LogP contribution >= 0.6 is 0 Å². The molecule has 1 heterocycles. The van der Waals surface area contributed by atoms with E-state index in [1.54, 1.807) is 31.5 Å². The molecular weight excluding hydrogens is 280 g/mol. The summed E-state index contributed by atoms with van der Waals surface area (Å²) in [6.07, 6.45) is 1.69. The summed E-state index contributed by atoms with van der Waals surface area (Å²) >= 11 is 0. The minimum Gasteiger partial charge on any atom is -0.497 e. The van der Waals surface area contributed by atoms with Crippen molar-refractivity contribution in [1.29, 1.82) is 0 Å². The SMILES string of the molecule is COc1cccc(Nc2nccc3ccc(C(=O)O)cc23)c1. The first-order valence-corrected chi connectivity index (χ1v) is 6.70. The number of aromatic carboxylic acids is 1. The predicted molar refractivity (Wildman–Crippen MR) is 85.0 cm³/mol. The largest absolute Gasteiger partial charge is 0.497 e. The van der Waals surface area contributed by atoms with Gasteiger partial charge in [0.1, 0.15) is 11.6 Å². The minimum absolute atomic E-state index is 0.231. The van der Waals surface area contributed by atoms with E-state index in [1.165, 1.54) is 0 Å². The second kappa shape index (κ2) is 5.73. The van der Waals surface area contributed by atoms with Crippen LogP contribution in [0.25, 0.3) is 10.8 Å². The van der Waals surface area contributed by atoms with Crippen LogP contribution in [0.15, 0.2) is 54.7 Å². The maximum atomic E-state index is 11.1. The number of rotatable bonds is 4. The van der Waals surface area contributed by atoms with Crippen molar-refractivity contribution < 1.29 is 14.6 Å². The van der Waals surface area contributed by atoms with E-state index < -0.39 is 5.97 Å². The highest BCUT2D eigenvalue weighted by molar-refractivity contribution is 5.99. The number of nitrogens with one attached hydrogen (secondary N) is 1. The van der Waals surface area contributed by atoms with E-state index >= 15 is 0 Å². The van der Waals surface area contributed by atoms with Crippen molar-refractivity contribution in [2.24, 2.45) is 0 Å². The Kier molecular flexibility index (Phi) is 3.62. The molecule has 0 aliphatic carbocycles. The molecule has 1 aromatic heterocycles. The molecule has 0 amide bonds. The van der Waals surface area contributed by atoms with Gasteiger partial charge in [-0.3, -0.25) is 0 Å². The fourth-order valence-electron chi connectivity index (χ4n) is 2.24. The maximum Gasteiger partial charge on any atom is 0.335 e. The maximum absolute atomic E-state index is 11.1. The molecule has 22 heavy (non-hydrogen) atoms. The molecular formula is C17H14N2O3. The zero-order valence-corrected chi connectivity index (χ0v) is 11.9. The van der Waals surface area contributed by atoms with E-state index in [0.29, 0.717) is 5.82 Å². The Bertz CT molecular complexity index is 846. The fraction of sp³-hybridized carbons (Fsp3) is 0.0588. The summed E-state index contributed by atoms with van der Waals surface area (Å²) in [6, 6.07) is 14.3. The lowest BCUT2D eigenvalue weighted by Crippen LogP contribution is -1.98. The number of methoxy groups -OCH3 is 1. The first-order chi connectivity index (χ1) is 10.7. The lowest BCUT2D eigenvalue weighted by atomic mass is 10.1. The van der Waals surface area contributed by atoms with Crippen LogP contribution in [0.1, 0.15) is 10.4 Å². The number of carboxylic acids is 1. The molecule has 5 heteroatoms. The summed E-state index contributed by atoms with van der Waals surface area (Å²) in [5, 5.41) is 14.0. The number of fused-ring (bicyclic) bond motifs is 1. The van der Waals surface area contributed by atoms with E-state index in [2.05, 4.69) is 10.3 Å². The predicted octanol–water partition coefficient (Wildman–Crippen LogP) is 3.69. The van der Waals surface area contributed by atoms with Gasteiger partial charge in [-0.15, -0.1) is 0 Å². The molecule has 110 valence electrons. The highest BCUT2D eigenvalue weighted by atomic mass is 16.5. The molecule has 5 nitrogen and oxygen atoms in total. The normalized spacial score (nSPS) is 10.4. The van der Waals surface area contributed by atoms with Gasteiger partial charge in [-0.25, -0.2) is 9.78 Å². The van der Waals surface area contributed by atoms with Gasteiger partial charge in [0.25, 0.3) is 0 Å². The smallest absolute Gasteiger partial charge is 0.335 e. The van der Waals surface area contributed by atoms with E-state index in [1.807, 2.05) is 30.3 Å². The molecule has 0 bridgehead atoms. The van der Waals surface area contributed by atoms with Gasteiger partial charge in [0.2, 0.25) is 0 Å². The summed E-state index contributed by atoms with van der Waals surface area (Å²) in [5.74, 6) is 0.378. The molecule has 2 aromatic carbocycles. The Morgan fingerprint density at radius 2 is 2.05 bits per heavy atom. The summed E-state index contributed by atoms with van der Waals surface area (Å²) in [5.41, 5.74) is 1.05. The fourth-order valence-corrected chi connectivity index (χ4v) is 2.24. The Hall–Kier alpha value is -3.08. The third-order valence-electron chi connectivity index (χ3n) is 3.35. The van der Waals surface area contributed by atoms with E-state index in [4.69, 9.17) is 9.84 Å². The summed E-state index contributed by atoms with van der Waals surface area (Å²) in [7, 11) is 1.61. The van der Waals surface area contributed by atoms with E-state index in [9.17, 15) is 4.79 Å². The lowest BCUT2D eigenvalue weighted by Gasteiger charge is -2.10. The number of anilines is 2. The number of pyridine rings is 1. The van der Waals surface area contributed by atoms with Crippen molar-refractivity contribution in [3.05, 3.63) is 60.3 Å². The third kappa shape index (κ3) is 2.69. The van der Waals surface area contributed by atoms with Gasteiger partial charge >= 0.3 is 5.97 Å². The van der Waals surface area contributed by atoms with Crippen LogP contribution in [0.2, 0.25) is 0 Å². The zero-order chi connectivity index (χ0) is 15.5. The van der Waals surface area contributed by atoms with Crippen LogP contribution in [0.5, 0.6) is 5.75 Å². The summed E-state index contributed by atoms with van der Waals surface area (Å²) in [6.45, 7) is 0. The van der Waals surface area contributed by atoms with Gasteiger partial charge in [0.05, 0.1) is 12.7 Å². The highest BCUT2D eigenvalue weighted by Crippen LogP contribution is 2.26. The van der Waals surface area contributed by atoms with Crippen molar-refractivity contribution in [3.8, 4) is 5.75 Å². The molecule has 0 aliphatic heterocycles. The van der Waals surface area contributed by atoms with Crippen molar-refractivity contribution in [3.63, 3.8) is 0 Å². The molecule has 2 N–H and O–H groups in total. The molecule has 0 spiro atoms. The molecule has 0 unspecified atom stereocenters. The molecule has 3 aromatic rings. The second-order valence-corrected chi connectivity index (χ2v) is 4.76.